The summed E-state index contributed by atoms with van der Waals surface area (Å²) in [7, 11) is 0. The Morgan fingerprint density at radius 3 is 0.633 bits per heavy atom. The molecule has 11 aromatic carbocycles. The van der Waals surface area contributed by atoms with Crippen LogP contribution in [0.25, 0.3) is 55.0 Å². The second kappa shape index (κ2) is 28.0. The molecule has 624 valence electrons. The lowest BCUT2D eigenvalue weighted by atomic mass is 9.33. The van der Waals surface area contributed by atoms with Gasteiger partial charge in [0, 0.05) is 78.4 Å². The zero-order chi connectivity index (χ0) is 87.7. The summed E-state index contributed by atoms with van der Waals surface area (Å²) in [4.78, 5) is 8.20. The average Bonchev–Trinajstić information content (AvgIpc) is 0.768. The van der Waals surface area contributed by atoms with Crippen molar-refractivity contribution < 1.29 is 0 Å². The monoisotopic (exact) mass is 1590 g/mol. The summed E-state index contributed by atoms with van der Waals surface area (Å²) in [5, 5.41) is 5.09. The standard InChI is InChI=1S/C114H140BN5/c1-103(2,3)69-37-45-94-88(61-69)89-62-70(104(4,5)6)38-46-95(89)117(94)81-41-43-92-98(65-81)119(85-57-77(111(25,26)27)51-78(58-85)112(28,29)30)100-67-87(116(83-53-73(107(13,14)15)49-74(54-83)108(16,17)18)84-55-75(109(19,20)21)50-76(56-84)110(22,23)24)68-101-102(100)115(92)93-44-42-82(66-99(93)120(101)86-59-79(113(31,32)33)52-80(60-86)114(34,35)36)118-96-47-39-71(105(7,8)9)63-90(96)91-64-72(106(10,11)12)40-48-97(91)118/h37-68H,1-36H3. The van der Waals surface area contributed by atoms with E-state index < -0.39 is 0 Å². The lowest BCUT2D eigenvalue weighted by Crippen LogP contribution is -2.61. The molecule has 4 heterocycles. The molecule has 15 rings (SSSR count). The van der Waals surface area contributed by atoms with E-state index in [1.807, 2.05) is 0 Å². The normalized spacial score (nSPS) is 14.3. The summed E-state index contributed by atoms with van der Waals surface area (Å²) in [6.45, 7) is 85.4. The van der Waals surface area contributed by atoms with Crippen LogP contribution in [0.3, 0.4) is 0 Å². The number of hydrogen-bond acceptors (Lipinski definition) is 3. The molecular weight excluding hydrogens is 1450 g/mol. The van der Waals surface area contributed by atoms with Crippen molar-refractivity contribution in [3.05, 3.63) is 261 Å². The van der Waals surface area contributed by atoms with E-state index in [4.69, 9.17) is 0 Å². The maximum atomic E-state index is 2.75. The summed E-state index contributed by atoms with van der Waals surface area (Å²) in [6, 6.07) is 80.1. The molecule has 2 aliphatic rings. The molecule has 0 fully saturated rings. The topological polar surface area (TPSA) is 19.6 Å². The first-order chi connectivity index (χ1) is 55.0. The molecule has 0 radical (unpaired) electrons. The highest BCUT2D eigenvalue weighted by atomic mass is 15.2. The Morgan fingerprint density at radius 2 is 0.408 bits per heavy atom. The number of rotatable bonds is 7. The van der Waals surface area contributed by atoms with E-state index in [1.165, 1.54) is 127 Å². The van der Waals surface area contributed by atoms with E-state index in [2.05, 4.69) is 467 Å². The van der Waals surface area contributed by atoms with Crippen molar-refractivity contribution in [3.8, 4) is 11.4 Å². The number of fused-ring (bicyclic) bond motifs is 10. The Kier molecular flexibility index (Phi) is 19.9. The fourth-order valence-corrected chi connectivity index (χ4v) is 18.3. The van der Waals surface area contributed by atoms with Crippen LogP contribution < -0.4 is 31.1 Å². The molecule has 13 aromatic rings. The minimum atomic E-state index is -0.254. The molecule has 0 N–H and O–H groups in total. The SMILES string of the molecule is CC(C)(C)c1cc(N(c2cc(C(C)(C)C)cc(C(C)(C)C)c2)c2cc3c4c(c2)N(c2cc(C(C)(C)C)cc(C(C)(C)C)c2)c2cc(-n5c6ccc(C(C)(C)C)cc6c6cc(C(C)(C)C)ccc65)ccc2B4c2ccc(-n4c5ccc(C(C)(C)C)cc5c5cc(C(C)(C)C)ccc54)cc2N3c2cc(C(C)(C)C)cc(C(C)(C)C)c2)cc(C(C)(C)C)c1. The number of nitrogens with zero attached hydrogens (tertiary/aromatic N) is 5. The molecule has 0 unspecified atom stereocenters. The molecule has 0 bridgehead atoms. The number of hydrogen-bond donors (Lipinski definition) is 0. The Bertz CT molecular complexity index is 5640. The maximum Gasteiger partial charge on any atom is 0.252 e. The van der Waals surface area contributed by atoms with Gasteiger partial charge in [0.15, 0.2) is 0 Å². The van der Waals surface area contributed by atoms with Gasteiger partial charge in [0.05, 0.1) is 27.8 Å². The quantitative estimate of drug-likeness (QED) is 0.148. The van der Waals surface area contributed by atoms with Gasteiger partial charge in [-0.3, -0.25) is 0 Å². The molecule has 0 amide bonds. The van der Waals surface area contributed by atoms with Gasteiger partial charge in [0.1, 0.15) is 0 Å². The van der Waals surface area contributed by atoms with Crippen molar-refractivity contribution in [2.75, 3.05) is 14.7 Å². The number of benzene rings is 11. The van der Waals surface area contributed by atoms with Crippen LogP contribution in [0.4, 0.5) is 51.2 Å². The summed E-state index contributed by atoms with van der Waals surface area (Å²) in [5.41, 5.74) is 34.9. The zero-order valence-electron chi connectivity index (χ0n) is 80.3. The van der Waals surface area contributed by atoms with Crippen LogP contribution in [0, 0.1) is 0 Å². The average molecular weight is 1590 g/mol. The van der Waals surface area contributed by atoms with E-state index in [9.17, 15) is 0 Å². The second-order valence-electron chi connectivity index (χ2n) is 48.5. The third-order valence-electron chi connectivity index (χ3n) is 26.4. The highest BCUT2D eigenvalue weighted by Gasteiger charge is 2.46. The van der Waals surface area contributed by atoms with Crippen molar-refractivity contribution in [1.29, 1.82) is 0 Å². The van der Waals surface area contributed by atoms with Crippen LogP contribution in [0.1, 0.15) is 316 Å². The van der Waals surface area contributed by atoms with Crippen LogP contribution in [0.15, 0.2) is 194 Å². The van der Waals surface area contributed by atoms with Crippen LogP contribution in [-0.2, 0) is 65.0 Å². The summed E-state index contributed by atoms with van der Waals surface area (Å²) in [5.74, 6) is 0. The van der Waals surface area contributed by atoms with E-state index in [0.717, 1.165) is 62.6 Å². The highest BCUT2D eigenvalue weighted by Crippen LogP contribution is 2.54. The lowest BCUT2D eigenvalue weighted by molar-refractivity contribution is 0.567. The lowest BCUT2D eigenvalue weighted by Gasteiger charge is -2.46. The molecular formula is C114H140BN5. The molecule has 2 aromatic heterocycles. The predicted molar refractivity (Wildman–Crippen MR) is 528 cm³/mol. The van der Waals surface area contributed by atoms with Crippen molar-refractivity contribution in [3.63, 3.8) is 0 Å². The van der Waals surface area contributed by atoms with Gasteiger partial charge in [-0.05, 0) is 282 Å². The van der Waals surface area contributed by atoms with Crippen molar-refractivity contribution in [2.45, 2.75) is 314 Å². The second-order valence-corrected chi connectivity index (χ2v) is 48.5. The van der Waals surface area contributed by atoms with Gasteiger partial charge in [-0.25, -0.2) is 0 Å². The van der Waals surface area contributed by atoms with Gasteiger partial charge >= 0.3 is 0 Å². The highest BCUT2D eigenvalue weighted by molar-refractivity contribution is 7.00. The number of anilines is 9. The van der Waals surface area contributed by atoms with Crippen LogP contribution in [-0.4, -0.2) is 15.8 Å². The fourth-order valence-electron chi connectivity index (χ4n) is 18.3. The van der Waals surface area contributed by atoms with Crippen LogP contribution in [0.2, 0.25) is 0 Å². The van der Waals surface area contributed by atoms with Crippen LogP contribution in [0.5, 0.6) is 0 Å². The van der Waals surface area contributed by atoms with Gasteiger partial charge in [-0.15, -0.1) is 0 Å². The Hall–Kier alpha value is -9.52. The Morgan fingerprint density at radius 1 is 0.192 bits per heavy atom. The minimum Gasteiger partial charge on any atom is -0.311 e. The zero-order valence-corrected chi connectivity index (χ0v) is 80.3. The van der Waals surface area contributed by atoms with E-state index in [-0.39, 0.29) is 71.7 Å². The first-order valence-corrected chi connectivity index (χ1v) is 44.7. The molecule has 0 aliphatic carbocycles. The fraction of sp³-hybridized carbons (Fsp3) is 0.421. The number of aromatic nitrogens is 2. The molecule has 0 spiro atoms. The summed E-state index contributed by atoms with van der Waals surface area (Å²) < 4.78 is 5.19. The predicted octanol–water partition coefficient (Wildman–Crippen LogP) is 31.0. The van der Waals surface area contributed by atoms with E-state index >= 15 is 0 Å². The minimum absolute atomic E-state index is 0.0635. The molecule has 0 atom stereocenters. The molecule has 0 saturated carbocycles. The Labute approximate surface area is 723 Å². The van der Waals surface area contributed by atoms with Crippen LogP contribution >= 0.6 is 0 Å². The largest absolute Gasteiger partial charge is 0.311 e. The van der Waals surface area contributed by atoms with Crippen molar-refractivity contribution >= 4 is 118 Å². The van der Waals surface area contributed by atoms with Crippen molar-refractivity contribution in [1.82, 2.24) is 9.13 Å². The van der Waals surface area contributed by atoms with Gasteiger partial charge < -0.3 is 23.8 Å². The third-order valence-corrected chi connectivity index (χ3v) is 26.4. The first kappa shape index (κ1) is 85.5. The maximum absolute atomic E-state index is 2.75. The van der Waals surface area contributed by atoms with E-state index in [0.29, 0.717) is 0 Å². The van der Waals surface area contributed by atoms with E-state index in [1.54, 1.807) is 0 Å². The van der Waals surface area contributed by atoms with Gasteiger partial charge in [0.25, 0.3) is 6.71 Å². The molecule has 2 aliphatic heterocycles. The molecule has 5 nitrogen and oxygen atoms in total. The third kappa shape index (κ3) is 15.5. The summed E-state index contributed by atoms with van der Waals surface area (Å²) >= 11 is 0. The van der Waals surface area contributed by atoms with Gasteiger partial charge in [0.2, 0.25) is 0 Å². The summed E-state index contributed by atoms with van der Waals surface area (Å²) in [6.07, 6.45) is 0. The smallest absolute Gasteiger partial charge is 0.252 e. The molecule has 6 heteroatoms. The Balaban J connectivity index is 1.18. The first-order valence-electron chi connectivity index (χ1n) is 44.7. The van der Waals surface area contributed by atoms with Crippen molar-refractivity contribution in [2.24, 2.45) is 0 Å². The molecule has 120 heavy (non-hydrogen) atoms. The van der Waals surface area contributed by atoms with Gasteiger partial charge in [-0.2, -0.15) is 0 Å². The molecule has 0 saturated heterocycles. The van der Waals surface area contributed by atoms with Gasteiger partial charge in [-0.1, -0.05) is 310 Å².